The first-order valence-electron chi connectivity index (χ1n) is 13.5. The number of anilines is 1. The maximum atomic E-state index is 13.8. The van der Waals surface area contributed by atoms with Crippen LogP contribution in [0.3, 0.4) is 0 Å². The maximum absolute atomic E-state index is 13.8. The van der Waals surface area contributed by atoms with Gasteiger partial charge in [-0.2, -0.15) is 5.10 Å². The third-order valence-electron chi connectivity index (χ3n) is 7.60. The Balaban J connectivity index is 1.73. The number of carbonyl (C=O) groups is 1. The van der Waals surface area contributed by atoms with Crippen LogP contribution in [0.25, 0.3) is 5.69 Å². The number of hydrogen-bond acceptors (Lipinski definition) is 4. The van der Waals surface area contributed by atoms with Gasteiger partial charge in [0.1, 0.15) is 5.82 Å². The van der Waals surface area contributed by atoms with Gasteiger partial charge in [0.2, 0.25) is 0 Å². The molecule has 6 nitrogen and oxygen atoms in total. The van der Waals surface area contributed by atoms with Gasteiger partial charge in [-0.1, -0.05) is 51.1 Å². The van der Waals surface area contributed by atoms with Crippen molar-refractivity contribution >= 4 is 11.7 Å². The molecule has 0 N–H and O–H groups in total. The van der Waals surface area contributed by atoms with Crippen LogP contribution in [-0.4, -0.2) is 64.3 Å². The van der Waals surface area contributed by atoms with Gasteiger partial charge in [-0.15, -0.1) is 0 Å². The van der Waals surface area contributed by atoms with Gasteiger partial charge in [0.05, 0.1) is 17.9 Å². The highest BCUT2D eigenvalue weighted by Crippen LogP contribution is 2.31. The molecule has 0 radical (unpaired) electrons. The van der Waals surface area contributed by atoms with Gasteiger partial charge in [-0.25, -0.2) is 4.68 Å². The molecule has 6 heteroatoms. The predicted octanol–water partition coefficient (Wildman–Crippen LogP) is 5.33. The summed E-state index contributed by atoms with van der Waals surface area (Å²) in [5, 5.41) is 5.01. The second kappa shape index (κ2) is 11.7. The number of likely N-dealkylation sites (N-methyl/N-ethyl adjacent to an activating group) is 1. The quantitative estimate of drug-likeness (QED) is 0.409. The van der Waals surface area contributed by atoms with E-state index < -0.39 is 0 Å². The van der Waals surface area contributed by atoms with Gasteiger partial charge in [-0.05, 0) is 63.1 Å². The molecule has 1 aliphatic rings. The van der Waals surface area contributed by atoms with Crippen LogP contribution in [0.5, 0.6) is 0 Å². The maximum Gasteiger partial charge on any atom is 0.254 e. The monoisotopic (exact) mass is 487 g/mol. The Morgan fingerprint density at radius 3 is 2.22 bits per heavy atom. The molecule has 2 heterocycles. The minimum atomic E-state index is 0.0839. The lowest BCUT2D eigenvalue weighted by molar-refractivity contribution is 0.0671. The highest BCUT2D eigenvalue weighted by molar-refractivity contribution is 5.94. The first-order chi connectivity index (χ1) is 17.5. The summed E-state index contributed by atoms with van der Waals surface area (Å²) in [6, 6.07) is 18.6. The molecule has 1 aliphatic heterocycles. The normalized spacial score (nSPS) is 15.2. The molecule has 3 aromatic rings. The summed E-state index contributed by atoms with van der Waals surface area (Å²) in [6.45, 7) is 16.3. The van der Waals surface area contributed by atoms with Crippen molar-refractivity contribution in [2.24, 2.45) is 0 Å². The molecule has 36 heavy (non-hydrogen) atoms. The van der Waals surface area contributed by atoms with Gasteiger partial charge >= 0.3 is 0 Å². The summed E-state index contributed by atoms with van der Waals surface area (Å²) < 4.78 is 2.08. The number of piperazine rings is 1. The van der Waals surface area contributed by atoms with Crippen molar-refractivity contribution in [2.75, 3.05) is 37.6 Å². The summed E-state index contributed by atoms with van der Waals surface area (Å²) in [7, 11) is 0. The molecule has 0 bridgehead atoms. The van der Waals surface area contributed by atoms with Crippen LogP contribution in [0.2, 0.25) is 0 Å². The Kier molecular flexibility index (Phi) is 8.47. The number of rotatable bonds is 9. The van der Waals surface area contributed by atoms with Gasteiger partial charge < -0.3 is 14.7 Å². The molecule has 1 atom stereocenters. The number of amides is 1. The lowest BCUT2D eigenvalue weighted by Gasteiger charge is -2.37. The zero-order valence-electron chi connectivity index (χ0n) is 22.6. The summed E-state index contributed by atoms with van der Waals surface area (Å²) in [4.78, 5) is 20.8. The first-order valence-corrected chi connectivity index (χ1v) is 13.5. The van der Waals surface area contributed by atoms with Crippen molar-refractivity contribution < 1.29 is 4.79 Å². The SMILES string of the molecule is CCc1ccc(C(=O)N(Cc2c(C)nn(-c3ccccc3)c2N2CCN(CC)CC2)[C@@H](C)CC)cc1. The van der Waals surface area contributed by atoms with Crippen molar-refractivity contribution in [1.29, 1.82) is 0 Å². The minimum absolute atomic E-state index is 0.0839. The Morgan fingerprint density at radius 2 is 1.64 bits per heavy atom. The molecule has 0 unspecified atom stereocenters. The third-order valence-corrected chi connectivity index (χ3v) is 7.60. The van der Waals surface area contributed by atoms with E-state index in [0.717, 1.165) is 73.9 Å². The second-order valence-electron chi connectivity index (χ2n) is 9.80. The average Bonchev–Trinajstić information content (AvgIpc) is 3.27. The summed E-state index contributed by atoms with van der Waals surface area (Å²) in [6.07, 6.45) is 1.87. The van der Waals surface area contributed by atoms with Crippen LogP contribution >= 0.6 is 0 Å². The Hall–Kier alpha value is -3.12. The first kappa shape index (κ1) is 26.0. The predicted molar refractivity (Wildman–Crippen MR) is 148 cm³/mol. The van der Waals surface area contributed by atoms with E-state index in [1.165, 1.54) is 5.56 Å². The molecule has 2 aromatic carbocycles. The molecule has 1 aromatic heterocycles. The van der Waals surface area contributed by atoms with Gasteiger partial charge in [0, 0.05) is 43.3 Å². The van der Waals surface area contributed by atoms with Crippen LogP contribution in [0.1, 0.15) is 61.3 Å². The van der Waals surface area contributed by atoms with Crippen molar-refractivity contribution in [1.82, 2.24) is 19.6 Å². The highest BCUT2D eigenvalue weighted by atomic mass is 16.2. The largest absolute Gasteiger partial charge is 0.354 e. The van der Waals surface area contributed by atoms with Crippen LogP contribution in [0, 0.1) is 6.92 Å². The number of nitrogens with zero attached hydrogens (tertiary/aromatic N) is 5. The molecule has 0 saturated carbocycles. The fraction of sp³-hybridized carbons (Fsp3) is 0.467. The van der Waals surface area contributed by atoms with Crippen molar-refractivity contribution in [3.63, 3.8) is 0 Å². The summed E-state index contributed by atoms with van der Waals surface area (Å²) in [5.41, 5.74) is 5.17. The number of benzene rings is 2. The number of carbonyl (C=O) groups excluding carboxylic acids is 1. The van der Waals surface area contributed by atoms with Crippen LogP contribution in [-0.2, 0) is 13.0 Å². The lowest BCUT2D eigenvalue weighted by atomic mass is 10.1. The minimum Gasteiger partial charge on any atom is -0.354 e. The van der Waals surface area contributed by atoms with Gasteiger partial charge in [0.15, 0.2) is 0 Å². The molecule has 0 spiro atoms. The Morgan fingerprint density at radius 1 is 0.972 bits per heavy atom. The number of hydrogen-bond donors (Lipinski definition) is 0. The van der Waals surface area contributed by atoms with E-state index in [4.69, 9.17) is 5.10 Å². The topological polar surface area (TPSA) is 44.6 Å². The number of aromatic nitrogens is 2. The van der Waals surface area contributed by atoms with Gasteiger partial charge in [0.25, 0.3) is 5.91 Å². The lowest BCUT2D eigenvalue weighted by Crippen LogP contribution is -2.47. The van der Waals surface area contributed by atoms with E-state index >= 15 is 0 Å². The van der Waals surface area contributed by atoms with Crippen LogP contribution in [0.15, 0.2) is 54.6 Å². The molecular formula is C30H41N5O. The summed E-state index contributed by atoms with van der Waals surface area (Å²) in [5.74, 6) is 1.21. The molecule has 1 amide bonds. The van der Waals surface area contributed by atoms with E-state index in [0.29, 0.717) is 6.54 Å². The Labute approximate surface area is 216 Å². The molecule has 192 valence electrons. The average molecular weight is 488 g/mol. The molecule has 1 saturated heterocycles. The fourth-order valence-electron chi connectivity index (χ4n) is 4.95. The molecular weight excluding hydrogens is 446 g/mol. The van der Waals surface area contributed by atoms with Crippen molar-refractivity contribution in [3.8, 4) is 5.69 Å². The van der Waals surface area contributed by atoms with Gasteiger partial charge in [-0.3, -0.25) is 4.79 Å². The van der Waals surface area contributed by atoms with Crippen LogP contribution in [0.4, 0.5) is 5.82 Å². The number of para-hydroxylation sites is 1. The van der Waals surface area contributed by atoms with Crippen LogP contribution < -0.4 is 4.90 Å². The Bertz CT molecular complexity index is 1130. The van der Waals surface area contributed by atoms with E-state index in [1.54, 1.807) is 0 Å². The van der Waals surface area contributed by atoms with E-state index in [-0.39, 0.29) is 11.9 Å². The zero-order chi connectivity index (χ0) is 25.7. The smallest absolute Gasteiger partial charge is 0.254 e. The third kappa shape index (κ3) is 5.49. The highest BCUT2D eigenvalue weighted by Gasteiger charge is 2.29. The van der Waals surface area contributed by atoms with E-state index in [9.17, 15) is 4.79 Å². The van der Waals surface area contributed by atoms with E-state index in [2.05, 4.69) is 85.5 Å². The zero-order valence-corrected chi connectivity index (χ0v) is 22.6. The standard InChI is InChI=1S/C30H41N5O/c1-6-23(4)34(30(36)26-16-14-25(7-2)15-17-26)22-28-24(5)31-35(27-12-10-9-11-13-27)29(28)33-20-18-32(8-3)19-21-33/h9-17,23H,6-8,18-22H2,1-5H3/t23-/m0/s1. The fourth-order valence-corrected chi connectivity index (χ4v) is 4.95. The summed E-state index contributed by atoms with van der Waals surface area (Å²) >= 11 is 0. The molecule has 0 aliphatic carbocycles. The second-order valence-corrected chi connectivity index (χ2v) is 9.80. The van der Waals surface area contributed by atoms with Crippen molar-refractivity contribution in [2.45, 2.75) is 60.0 Å². The molecule has 1 fully saturated rings. The number of aryl methyl sites for hydroxylation is 2. The van der Waals surface area contributed by atoms with Crippen molar-refractivity contribution in [3.05, 3.63) is 77.0 Å². The molecule has 4 rings (SSSR count). The van der Waals surface area contributed by atoms with E-state index in [1.807, 2.05) is 23.1 Å².